The Labute approximate surface area is 121 Å². The summed E-state index contributed by atoms with van der Waals surface area (Å²) < 4.78 is 0.941. The molecule has 19 heavy (non-hydrogen) atoms. The van der Waals surface area contributed by atoms with E-state index in [1.54, 1.807) is 6.08 Å². The van der Waals surface area contributed by atoms with Crippen molar-refractivity contribution < 1.29 is 4.84 Å². The van der Waals surface area contributed by atoms with Gasteiger partial charge < -0.3 is 4.84 Å². The molecule has 0 atom stereocenters. The molecular formula is C16H13BrNO. The van der Waals surface area contributed by atoms with Crippen LogP contribution in [-0.2, 0) is 11.4 Å². The molecule has 0 saturated carbocycles. The minimum absolute atomic E-state index is 0.416. The zero-order valence-electron chi connectivity index (χ0n) is 10.3. The van der Waals surface area contributed by atoms with Crippen molar-refractivity contribution in [1.29, 1.82) is 0 Å². The highest BCUT2D eigenvalue weighted by Gasteiger charge is 1.96. The second kappa shape index (κ2) is 6.90. The van der Waals surface area contributed by atoms with Crippen LogP contribution in [0.25, 0.3) is 6.08 Å². The zero-order chi connectivity index (χ0) is 13.5. The Morgan fingerprint density at radius 3 is 2.84 bits per heavy atom. The predicted octanol–water partition coefficient (Wildman–Crippen LogP) is 4.52. The maximum absolute atomic E-state index is 5.24. The van der Waals surface area contributed by atoms with E-state index < -0.39 is 0 Å². The van der Waals surface area contributed by atoms with Crippen LogP contribution in [0.4, 0.5) is 0 Å². The Balaban J connectivity index is 1.93. The van der Waals surface area contributed by atoms with Crippen LogP contribution in [-0.4, -0.2) is 6.21 Å². The van der Waals surface area contributed by atoms with Gasteiger partial charge in [-0.05, 0) is 23.3 Å². The number of benzene rings is 2. The number of hydrogen-bond acceptors (Lipinski definition) is 2. The van der Waals surface area contributed by atoms with E-state index in [2.05, 4.69) is 33.9 Å². The second-order valence-corrected chi connectivity index (χ2v) is 4.76. The van der Waals surface area contributed by atoms with E-state index in [4.69, 9.17) is 4.84 Å². The molecule has 0 fully saturated rings. The largest absolute Gasteiger partial charge is 0.390 e. The average molecular weight is 315 g/mol. The molecule has 0 amide bonds. The van der Waals surface area contributed by atoms with E-state index in [0.717, 1.165) is 21.2 Å². The molecule has 0 saturated heterocycles. The van der Waals surface area contributed by atoms with Crippen LogP contribution < -0.4 is 0 Å². The minimum Gasteiger partial charge on any atom is -0.390 e. The summed E-state index contributed by atoms with van der Waals surface area (Å²) in [4.78, 5) is 5.24. The first kappa shape index (κ1) is 13.6. The number of halogens is 1. The molecule has 2 nitrogen and oxygen atoms in total. The van der Waals surface area contributed by atoms with Gasteiger partial charge in [-0.25, -0.2) is 0 Å². The summed E-state index contributed by atoms with van der Waals surface area (Å²) in [7, 11) is 0. The Bertz CT molecular complexity index is 593. The highest BCUT2D eigenvalue weighted by Crippen LogP contribution is 2.13. The molecule has 0 aromatic heterocycles. The van der Waals surface area contributed by atoms with Gasteiger partial charge in [0.2, 0.25) is 0 Å². The lowest BCUT2D eigenvalue weighted by atomic mass is 10.1. The fourth-order valence-electron chi connectivity index (χ4n) is 1.55. The van der Waals surface area contributed by atoms with Gasteiger partial charge in [-0.15, -0.1) is 0 Å². The highest BCUT2D eigenvalue weighted by atomic mass is 79.9. The normalized spacial score (nSPS) is 10.6. The molecule has 2 rings (SSSR count). The SMILES string of the molecule is C=Cc1cccc(CON=[C]c2ccccc2Br)c1. The third-order valence-corrected chi connectivity index (χ3v) is 3.21. The first-order chi connectivity index (χ1) is 9.29. The van der Waals surface area contributed by atoms with Crippen LogP contribution in [0.3, 0.4) is 0 Å². The molecule has 0 bridgehead atoms. The Morgan fingerprint density at radius 2 is 2.05 bits per heavy atom. The van der Waals surface area contributed by atoms with Crippen molar-refractivity contribution in [3.63, 3.8) is 0 Å². The lowest BCUT2D eigenvalue weighted by Gasteiger charge is -2.01. The summed E-state index contributed by atoms with van der Waals surface area (Å²) in [5.74, 6) is 0. The summed E-state index contributed by atoms with van der Waals surface area (Å²) in [5.41, 5.74) is 2.98. The smallest absolute Gasteiger partial charge is 0.142 e. The standard InChI is InChI=1S/C16H13BrNO/c1-2-13-6-5-7-14(10-13)12-19-18-11-15-8-3-4-9-16(15)17/h2-10H,1,12H2. The van der Waals surface area contributed by atoms with Crippen LogP contribution in [0.2, 0.25) is 0 Å². The molecular weight excluding hydrogens is 302 g/mol. The van der Waals surface area contributed by atoms with Gasteiger partial charge in [-0.3, -0.25) is 0 Å². The van der Waals surface area contributed by atoms with Gasteiger partial charge in [-0.2, -0.15) is 0 Å². The van der Waals surface area contributed by atoms with Gasteiger partial charge in [-0.1, -0.05) is 70.1 Å². The highest BCUT2D eigenvalue weighted by molar-refractivity contribution is 9.10. The van der Waals surface area contributed by atoms with Crippen molar-refractivity contribution in [2.24, 2.45) is 5.16 Å². The fraction of sp³-hybridized carbons (Fsp3) is 0.0625. The maximum Gasteiger partial charge on any atom is 0.142 e. The van der Waals surface area contributed by atoms with Crippen molar-refractivity contribution >= 4 is 28.2 Å². The van der Waals surface area contributed by atoms with E-state index in [9.17, 15) is 0 Å². The van der Waals surface area contributed by atoms with Crippen molar-refractivity contribution in [2.45, 2.75) is 6.61 Å². The third-order valence-electron chi connectivity index (χ3n) is 2.52. The summed E-state index contributed by atoms with van der Waals surface area (Å²) in [6.07, 6.45) is 4.65. The monoisotopic (exact) mass is 314 g/mol. The second-order valence-electron chi connectivity index (χ2n) is 3.91. The Hall–Kier alpha value is -1.87. The van der Waals surface area contributed by atoms with E-state index in [-0.39, 0.29) is 0 Å². The molecule has 0 aliphatic carbocycles. The number of rotatable bonds is 5. The zero-order valence-corrected chi connectivity index (χ0v) is 11.9. The minimum atomic E-state index is 0.416. The van der Waals surface area contributed by atoms with Gasteiger partial charge in [0.1, 0.15) is 12.8 Å². The van der Waals surface area contributed by atoms with Crippen LogP contribution >= 0.6 is 15.9 Å². The Morgan fingerprint density at radius 1 is 1.21 bits per heavy atom. The molecule has 0 unspecified atom stereocenters. The number of hydrogen-bond donors (Lipinski definition) is 0. The van der Waals surface area contributed by atoms with Crippen LogP contribution in [0.1, 0.15) is 16.7 Å². The van der Waals surface area contributed by atoms with Crippen molar-refractivity contribution in [2.75, 3.05) is 0 Å². The van der Waals surface area contributed by atoms with Gasteiger partial charge in [0.15, 0.2) is 0 Å². The molecule has 95 valence electrons. The quantitative estimate of drug-likeness (QED) is 0.587. The molecule has 0 heterocycles. The van der Waals surface area contributed by atoms with Crippen LogP contribution in [0.5, 0.6) is 0 Å². The predicted molar refractivity (Wildman–Crippen MR) is 82.0 cm³/mol. The van der Waals surface area contributed by atoms with Crippen LogP contribution in [0.15, 0.2) is 64.7 Å². The van der Waals surface area contributed by atoms with Gasteiger partial charge >= 0.3 is 0 Å². The first-order valence-electron chi connectivity index (χ1n) is 5.83. The van der Waals surface area contributed by atoms with Gasteiger partial charge in [0.25, 0.3) is 0 Å². The molecule has 0 aliphatic rings. The summed E-state index contributed by atoms with van der Waals surface area (Å²) in [6, 6.07) is 15.7. The molecule has 2 aromatic carbocycles. The Kier molecular flexibility index (Phi) is 4.93. The van der Waals surface area contributed by atoms with Gasteiger partial charge in [0, 0.05) is 10.0 Å². The maximum atomic E-state index is 5.24. The lowest BCUT2D eigenvalue weighted by Crippen LogP contribution is -1.89. The molecule has 0 aliphatic heterocycles. The summed E-state index contributed by atoms with van der Waals surface area (Å²) >= 11 is 3.42. The van der Waals surface area contributed by atoms with Crippen molar-refractivity contribution in [3.8, 4) is 0 Å². The third kappa shape index (κ3) is 4.07. The molecule has 0 spiro atoms. The van der Waals surface area contributed by atoms with Crippen molar-refractivity contribution in [1.82, 2.24) is 0 Å². The van der Waals surface area contributed by atoms with E-state index in [1.807, 2.05) is 48.5 Å². The van der Waals surface area contributed by atoms with Crippen molar-refractivity contribution in [3.05, 3.63) is 76.3 Å². The summed E-state index contributed by atoms with van der Waals surface area (Å²) in [5, 5.41) is 3.85. The number of nitrogens with zero attached hydrogens (tertiary/aromatic N) is 1. The average Bonchev–Trinajstić information content (AvgIpc) is 2.45. The van der Waals surface area contributed by atoms with E-state index >= 15 is 0 Å². The molecule has 1 radical (unpaired) electrons. The van der Waals surface area contributed by atoms with E-state index in [1.165, 1.54) is 0 Å². The molecule has 2 aromatic rings. The first-order valence-corrected chi connectivity index (χ1v) is 6.63. The topological polar surface area (TPSA) is 21.6 Å². The lowest BCUT2D eigenvalue weighted by molar-refractivity contribution is 0.132. The fourth-order valence-corrected chi connectivity index (χ4v) is 1.92. The molecule has 3 heteroatoms. The molecule has 0 N–H and O–H groups in total. The van der Waals surface area contributed by atoms with Crippen LogP contribution in [0, 0.1) is 0 Å². The van der Waals surface area contributed by atoms with Gasteiger partial charge in [0.05, 0.1) is 0 Å². The summed E-state index contributed by atoms with van der Waals surface area (Å²) in [6.45, 7) is 4.15. The van der Waals surface area contributed by atoms with E-state index in [0.29, 0.717) is 6.61 Å².